The van der Waals surface area contributed by atoms with Gasteiger partial charge in [0.2, 0.25) is 0 Å². The third-order valence-electron chi connectivity index (χ3n) is 3.58. The standard InChI is InChI=1S/C14H19BrN2O.ClH/c1-10(16)12-3-2-8-17(9-12)14(18)11-4-6-13(15)7-5-11;/h4-7,10,12H,2-3,8-9,16H2,1H3;1H. The average molecular weight is 348 g/mol. The number of nitrogens with two attached hydrogens (primary N) is 1. The molecular formula is C14H20BrClN2O. The highest BCUT2D eigenvalue weighted by Crippen LogP contribution is 2.21. The van der Waals surface area contributed by atoms with E-state index in [1.807, 2.05) is 36.1 Å². The number of hydrogen-bond acceptors (Lipinski definition) is 2. The first kappa shape index (κ1) is 16.5. The molecule has 0 saturated carbocycles. The fourth-order valence-electron chi connectivity index (χ4n) is 2.40. The van der Waals surface area contributed by atoms with Gasteiger partial charge in [0.05, 0.1) is 0 Å². The van der Waals surface area contributed by atoms with Crippen LogP contribution in [0.1, 0.15) is 30.1 Å². The van der Waals surface area contributed by atoms with Crippen molar-refractivity contribution >= 4 is 34.2 Å². The molecule has 0 radical (unpaired) electrons. The molecule has 1 heterocycles. The second kappa shape index (κ2) is 7.27. The highest BCUT2D eigenvalue weighted by molar-refractivity contribution is 9.10. The average Bonchev–Trinajstić information content (AvgIpc) is 2.39. The summed E-state index contributed by atoms with van der Waals surface area (Å²) in [7, 11) is 0. The van der Waals surface area contributed by atoms with Gasteiger partial charge in [-0.05, 0) is 49.9 Å². The summed E-state index contributed by atoms with van der Waals surface area (Å²) in [4.78, 5) is 14.3. The molecule has 0 spiro atoms. The SMILES string of the molecule is CC(N)C1CCCN(C(=O)c2ccc(Br)cc2)C1.Cl. The summed E-state index contributed by atoms with van der Waals surface area (Å²) in [6, 6.07) is 7.69. The lowest BCUT2D eigenvalue weighted by Gasteiger charge is -2.34. The first-order chi connectivity index (χ1) is 8.58. The van der Waals surface area contributed by atoms with Gasteiger partial charge in [0, 0.05) is 29.2 Å². The third-order valence-corrected chi connectivity index (χ3v) is 4.11. The topological polar surface area (TPSA) is 46.3 Å². The number of benzene rings is 1. The smallest absolute Gasteiger partial charge is 0.253 e. The second-order valence-corrected chi connectivity index (χ2v) is 5.94. The van der Waals surface area contributed by atoms with Crippen LogP contribution in [0.5, 0.6) is 0 Å². The molecule has 1 saturated heterocycles. The van der Waals surface area contributed by atoms with Gasteiger partial charge in [-0.15, -0.1) is 12.4 Å². The van der Waals surface area contributed by atoms with E-state index in [4.69, 9.17) is 5.73 Å². The van der Waals surface area contributed by atoms with E-state index < -0.39 is 0 Å². The first-order valence-corrected chi connectivity index (χ1v) is 7.17. The normalized spacial score (nSPS) is 20.6. The Morgan fingerprint density at radius 1 is 1.42 bits per heavy atom. The molecule has 2 rings (SSSR count). The third kappa shape index (κ3) is 4.20. The quantitative estimate of drug-likeness (QED) is 0.893. The maximum Gasteiger partial charge on any atom is 0.253 e. The summed E-state index contributed by atoms with van der Waals surface area (Å²) >= 11 is 3.38. The van der Waals surface area contributed by atoms with Gasteiger partial charge in [-0.25, -0.2) is 0 Å². The van der Waals surface area contributed by atoms with Gasteiger partial charge in [0.1, 0.15) is 0 Å². The van der Waals surface area contributed by atoms with Crippen LogP contribution in [0.15, 0.2) is 28.7 Å². The van der Waals surface area contributed by atoms with Crippen molar-refractivity contribution in [3.63, 3.8) is 0 Å². The van der Waals surface area contributed by atoms with E-state index in [9.17, 15) is 4.79 Å². The van der Waals surface area contributed by atoms with Crippen LogP contribution in [0.2, 0.25) is 0 Å². The van der Waals surface area contributed by atoms with Crippen LogP contribution in [-0.2, 0) is 0 Å². The molecule has 0 bridgehead atoms. The molecule has 0 aromatic heterocycles. The predicted molar refractivity (Wildman–Crippen MR) is 83.7 cm³/mol. The van der Waals surface area contributed by atoms with Crippen molar-refractivity contribution in [2.75, 3.05) is 13.1 Å². The van der Waals surface area contributed by atoms with Crippen molar-refractivity contribution in [1.82, 2.24) is 4.90 Å². The van der Waals surface area contributed by atoms with Crippen LogP contribution < -0.4 is 5.73 Å². The van der Waals surface area contributed by atoms with Gasteiger partial charge >= 0.3 is 0 Å². The monoisotopic (exact) mass is 346 g/mol. The van der Waals surface area contributed by atoms with E-state index in [0.29, 0.717) is 5.92 Å². The number of rotatable bonds is 2. The predicted octanol–water partition coefficient (Wildman–Crippen LogP) is 3.07. The molecule has 0 aliphatic carbocycles. The number of amides is 1. The Morgan fingerprint density at radius 3 is 2.63 bits per heavy atom. The Morgan fingerprint density at radius 2 is 2.05 bits per heavy atom. The first-order valence-electron chi connectivity index (χ1n) is 6.38. The zero-order chi connectivity index (χ0) is 13.1. The van der Waals surface area contributed by atoms with E-state index in [0.717, 1.165) is 36.0 Å². The zero-order valence-electron chi connectivity index (χ0n) is 11.0. The Hall–Kier alpha value is -0.580. The molecular weight excluding hydrogens is 328 g/mol. The van der Waals surface area contributed by atoms with Crippen LogP contribution in [0.3, 0.4) is 0 Å². The Labute approximate surface area is 129 Å². The van der Waals surface area contributed by atoms with E-state index in [2.05, 4.69) is 15.9 Å². The minimum Gasteiger partial charge on any atom is -0.338 e. The zero-order valence-corrected chi connectivity index (χ0v) is 13.4. The molecule has 5 heteroatoms. The van der Waals surface area contributed by atoms with E-state index in [1.165, 1.54) is 0 Å². The van der Waals surface area contributed by atoms with Crippen molar-refractivity contribution in [2.24, 2.45) is 11.7 Å². The summed E-state index contributed by atoms with van der Waals surface area (Å²) in [5, 5.41) is 0. The second-order valence-electron chi connectivity index (χ2n) is 5.02. The van der Waals surface area contributed by atoms with Gasteiger partial charge < -0.3 is 10.6 Å². The summed E-state index contributed by atoms with van der Waals surface area (Å²) in [6.45, 7) is 3.66. The highest BCUT2D eigenvalue weighted by atomic mass is 79.9. The molecule has 2 N–H and O–H groups in total. The van der Waals surface area contributed by atoms with Crippen LogP contribution in [0.25, 0.3) is 0 Å². The Bertz CT molecular complexity index is 422. The van der Waals surface area contributed by atoms with Crippen molar-refractivity contribution in [1.29, 1.82) is 0 Å². The lowest BCUT2D eigenvalue weighted by atomic mass is 9.92. The van der Waals surface area contributed by atoms with Gasteiger partial charge in [-0.3, -0.25) is 4.79 Å². The van der Waals surface area contributed by atoms with Crippen LogP contribution in [0, 0.1) is 5.92 Å². The fourth-order valence-corrected chi connectivity index (χ4v) is 2.66. The van der Waals surface area contributed by atoms with E-state index in [1.54, 1.807) is 0 Å². The Balaban J connectivity index is 0.00000180. The molecule has 3 nitrogen and oxygen atoms in total. The van der Waals surface area contributed by atoms with Gasteiger partial charge in [0.25, 0.3) is 5.91 Å². The number of likely N-dealkylation sites (tertiary alicyclic amines) is 1. The lowest BCUT2D eigenvalue weighted by molar-refractivity contribution is 0.0661. The van der Waals surface area contributed by atoms with Crippen molar-refractivity contribution < 1.29 is 4.79 Å². The van der Waals surface area contributed by atoms with Crippen LogP contribution in [-0.4, -0.2) is 29.9 Å². The molecule has 2 atom stereocenters. The van der Waals surface area contributed by atoms with E-state index in [-0.39, 0.29) is 24.4 Å². The number of halogens is 2. The van der Waals surface area contributed by atoms with Gasteiger partial charge in [0.15, 0.2) is 0 Å². The number of nitrogens with zero attached hydrogens (tertiary/aromatic N) is 1. The summed E-state index contributed by atoms with van der Waals surface area (Å²) < 4.78 is 0.992. The molecule has 106 valence electrons. The number of piperidine rings is 1. The molecule has 19 heavy (non-hydrogen) atoms. The van der Waals surface area contributed by atoms with Crippen molar-refractivity contribution in [3.8, 4) is 0 Å². The van der Waals surface area contributed by atoms with Crippen molar-refractivity contribution in [2.45, 2.75) is 25.8 Å². The molecule has 1 aromatic carbocycles. The fraction of sp³-hybridized carbons (Fsp3) is 0.500. The molecule has 1 fully saturated rings. The number of carbonyl (C=O) groups excluding carboxylic acids is 1. The van der Waals surface area contributed by atoms with Crippen molar-refractivity contribution in [3.05, 3.63) is 34.3 Å². The molecule has 1 aromatic rings. The molecule has 1 aliphatic rings. The molecule has 1 amide bonds. The minimum atomic E-state index is 0. The summed E-state index contributed by atoms with van der Waals surface area (Å²) in [5.41, 5.74) is 6.70. The van der Waals surface area contributed by atoms with Gasteiger partial charge in [-0.1, -0.05) is 15.9 Å². The molecule has 2 unspecified atom stereocenters. The number of carbonyl (C=O) groups is 1. The summed E-state index contributed by atoms with van der Waals surface area (Å²) in [6.07, 6.45) is 2.18. The highest BCUT2D eigenvalue weighted by Gasteiger charge is 2.26. The maximum atomic E-state index is 12.3. The minimum absolute atomic E-state index is 0. The van der Waals surface area contributed by atoms with Gasteiger partial charge in [-0.2, -0.15) is 0 Å². The number of hydrogen-bond donors (Lipinski definition) is 1. The van der Waals surface area contributed by atoms with Crippen LogP contribution in [0.4, 0.5) is 0 Å². The summed E-state index contributed by atoms with van der Waals surface area (Å²) in [5.74, 6) is 0.547. The molecule has 1 aliphatic heterocycles. The van der Waals surface area contributed by atoms with Crippen LogP contribution >= 0.6 is 28.3 Å². The van der Waals surface area contributed by atoms with E-state index >= 15 is 0 Å². The largest absolute Gasteiger partial charge is 0.338 e. The lowest BCUT2D eigenvalue weighted by Crippen LogP contribution is -2.45. The maximum absolute atomic E-state index is 12.3. The Kier molecular flexibility index (Phi) is 6.30.